The van der Waals surface area contributed by atoms with Crippen molar-refractivity contribution in [1.29, 1.82) is 0 Å². The maximum Gasteiger partial charge on any atom is 0.266 e. The third-order valence-corrected chi connectivity index (χ3v) is 5.56. The van der Waals surface area contributed by atoms with Crippen molar-refractivity contribution in [3.8, 4) is 17.0 Å². The molecule has 0 amide bonds. The number of sulfonamides is 1. The topological polar surface area (TPSA) is 90.3 Å². The molecule has 1 N–H and O–H groups in total. The molecule has 0 spiro atoms. The van der Waals surface area contributed by atoms with Crippen molar-refractivity contribution < 1.29 is 17.5 Å². The van der Waals surface area contributed by atoms with Crippen LogP contribution >= 0.6 is 0 Å². The van der Waals surface area contributed by atoms with Crippen LogP contribution in [0.5, 0.6) is 5.75 Å². The fourth-order valence-corrected chi connectivity index (χ4v) is 3.86. The number of rotatable bonds is 8. The number of hydrogen-bond acceptors (Lipinski definition) is 5. The van der Waals surface area contributed by atoms with E-state index in [1.54, 1.807) is 37.3 Å². The summed E-state index contributed by atoms with van der Waals surface area (Å²) < 4.78 is 47.3. The summed E-state index contributed by atoms with van der Waals surface area (Å²) in [5.74, 6) is -0.111. The van der Waals surface area contributed by atoms with Crippen molar-refractivity contribution in [3.05, 3.63) is 76.8 Å². The predicted molar refractivity (Wildman–Crippen MR) is 107 cm³/mol. The van der Waals surface area contributed by atoms with Gasteiger partial charge in [-0.15, -0.1) is 0 Å². The third kappa shape index (κ3) is 5.07. The fraction of sp³-hybridized carbons (Fsp3) is 0.200. The smallest absolute Gasteiger partial charge is 0.266 e. The Balaban J connectivity index is 1.74. The van der Waals surface area contributed by atoms with Gasteiger partial charge >= 0.3 is 0 Å². The van der Waals surface area contributed by atoms with Gasteiger partial charge in [0.05, 0.1) is 18.8 Å². The lowest BCUT2D eigenvalue weighted by Crippen LogP contribution is -2.32. The Bertz CT molecular complexity index is 1140. The highest BCUT2D eigenvalue weighted by Gasteiger charge is 2.18. The number of para-hydroxylation sites is 1. The molecule has 29 heavy (non-hydrogen) atoms. The van der Waals surface area contributed by atoms with E-state index in [-0.39, 0.29) is 35.1 Å². The van der Waals surface area contributed by atoms with Crippen molar-refractivity contribution in [2.45, 2.75) is 18.4 Å². The molecule has 0 fully saturated rings. The Morgan fingerprint density at radius 2 is 1.79 bits per heavy atom. The molecule has 7 nitrogen and oxygen atoms in total. The molecular formula is C20H20FN3O4S. The molecule has 0 aliphatic heterocycles. The normalized spacial score (nSPS) is 11.4. The van der Waals surface area contributed by atoms with E-state index in [9.17, 15) is 17.6 Å². The minimum atomic E-state index is -3.82. The van der Waals surface area contributed by atoms with Gasteiger partial charge in [0.25, 0.3) is 5.56 Å². The summed E-state index contributed by atoms with van der Waals surface area (Å²) in [6.45, 7) is 2.09. The largest absolute Gasteiger partial charge is 0.492 e. The van der Waals surface area contributed by atoms with Crippen LogP contribution in [-0.4, -0.2) is 31.3 Å². The predicted octanol–water partition coefficient (Wildman–Crippen LogP) is 2.43. The van der Waals surface area contributed by atoms with Crippen LogP contribution < -0.4 is 15.0 Å². The van der Waals surface area contributed by atoms with Gasteiger partial charge in [0.1, 0.15) is 16.5 Å². The van der Waals surface area contributed by atoms with E-state index in [0.29, 0.717) is 17.9 Å². The second-order valence-corrected chi connectivity index (χ2v) is 7.80. The van der Waals surface area contributed by atoms with Crippen LogP contribution in [0.15, 0.2) is 70.4 Å². The highest BCUT2D eigenvalue weighted by Crippen LogP contribution is 2.23. The van der Waals surface area contributed by atoms with Gasteiger partial charge in [-0.2, -0.15) is 5.10 Å². The van der Waals surface area contributed by atoms with Crippen LogP contribution in [0.3, 0.4) is 0 Å². The molecular weight excluding hydrogens is 397 g/mol. The number of halogens is 1. The molecule has 0 saturated heterocycles. The average molecular weight is 417 g/mol. The Morgan fingerprint density at radius 1 is 1.07 bits per heavy atom. The highest BCUT2D eigenvalue weighted by atomic mass is 32.2. The molecule has 152 valence electrons. The van der Waals surface area contributed by atoms with E-state index in [0.717, 1.165) is 4.68 Å². The molecule has 0 saturated carbocycles. The van der Waals surface area contributed by atoms with Crippen LogP contribution in [0.4, 0.5) is 4.39 Å². The second-order valence-electron chi connectivity index (χ2n) is 6.06. The summed E-state index contributed by atoms with van der Waals surface area (Å²) in [5, 5.41) is 4.23. The molecule has 9 heteroatoms. The summed E-state index contributed by atoms with van der Waals surface area (Å²) in [6, 6.07) is 14.9. The molecule has 0 atom stereocenters. The minimum Gasteiger partial charge on any atom is -0.492 e. The molecule has 0 aliphatic rings. The number of nitrogens with one attached hydrogen (secondary N) is 1. The van der Waals surface area contributed by atoms with Gasteiger partial charge in [-0.1, -0.05) is 12.1 Å². The number of ether oxygens (including phenoxy) is 1. The van der Waals surface area contributed by atoms with Gasteiger partial charge in [0, 0.05) is 18.2 Å². The molecule has 1 aromatic heterocycles. The zero-order valence-electron chi connectivity index (χ0n) is 15.7. The Labute approximate surface area is 167 Å². The molecule has 3 aromatic rings. The molecule has 0 aliphatic carbocycles. The monoisotopic (exact) mass is 417 g/mol. The van der Waals surface area contributed by atoms with Crippen LogP contribution in [0.2, 0.25) is 0 Å². The van der Waals surface area contributed by atoms with Gasteiger partial charge < -0.3 is 4.74 Å². The van der Waals surface area contributed by atoms with E-state index in [2.05, 4.69) is 9.82 Å². The zero-order chi connectivity index (χ0) is 20.9. The van der Waals surface area contributed by atoms with Gasteiger partial charge in [0.15, 0.2) is 0 Å². The molecule has 1 heterocycles. The maximum absolute atomic E-state index is 13.1. The standard InChI is InChI=1S/C20H20FN3O4S/c1-2-28-18-5-3-4-6-19(18)29(26,27)22-13-14-24-20(25)12-11-17(23-24)15-7-9-16(21)10-8-15/h3-12,22H,2,13-14H2,1H3. The Kier molecular flexibility index (Phi) is 6.40. The first-order valence-corrected chi connectivity index (χ1v) is 10.4. The Hall–Kier alpha value is -3.04. The minimum absolute atomic E-state index is 0.0298. The van der Waals surface area contributed by atoms with Crippen molar-refractivity contribution in [2.75, 3.05) is 13.2 Å². The summed E-state index contributed by atoms with van der Waals surface area (Å²) in [4.78, 5) is 12.1. The van der Waals surface area contributed by atoms with E-state index in [4.69, 9.17) is 4.74 Å². The third-order valence-electron chi connectivity index (χ3n) is 4.06. The lowest BCUT2D eigenvalue weighted by Gasteiger charge is -2.12. The van der Waals surface area contributed by atoms with Crippen LogP contribution in [0, 0.1) is 5.82 Å². The van der Waals surface area contributed by atoms with E-state index < -0.39 is 10.0 Å². The zero-order valence-corrected chi connectivity index (χ0v) is 16.5. The number of hydrogen-bond donors (Lipinski definition) is 1. The average Bonchev–Trinajstić information content (AvgIpc) is 2.70. The first-order valence-electron chi connectivity index (χ1n) is 8.96. The van der Waals surface area contributed by atoms with Gasteiger partial charge in [0.2, 0.25) is 10.0 Å². The summed E-state index contributed by atoms with van der Waals surface area (Å²) >= 11 is 0. The lowest BCUT2D eigenvalue weighted by atomic mass is 10.1. The van der Waals surface area contributed by atoms with Crippen LogP contribution in [-0.2, 0) is 16.6 Å². The highest BCUT2D eigenvalue weighted by molar-refractivity contribution is 7.89. The Morgan fingerprint density at radius 3 is 2.52 bits per heavy atom. The lowest BCUT2D eigenvalue weighted by molar-refractivity contribution is 0.331. The summed E-state index contributed by atoms with van der Waals surface area (Å²) in [5.41, 5.74) is 0.755. The number of nitrogens with zero attached hydrogens (tertiary/aromatic N) is 2. The maximum atomic E-state index is 13.1. The SMILES string of the molecule is CCOc1ccccc1S(=O)(=O)NCCn1nc(-c2ccc(F)cc2)ccc1=O. The van der Waals surface area contributed by atoms with Crippen molar-refractivity contribution in [2.24, 2.45) is 0 Å². The summed E-state index contributed by atoms with van der Waals surface area (Å²) in [7, 11) is -3.82. The quantitative estimate of drug-likeness (QED) is 0.608. The molecule has 0 radical (unpaired) electrons. The van der Waals surface area contributed by atoms with Crippen molar-refractivity contribution in [3.63, 3.8) is 0 Å². The van der Waals surface area contributed by atoms with E-state index in [1.807, 2.05) is 0 Å². The van der Waals surface area contributed by atoms with Gasteiger partial charge in [-0.05, 0) is 49.4 Å². The van der Waals surface area contributed by atoms with Crippen LogP contribution in [0.25, 0.3) is 11.3 Å². The first kappa shape index (κ1) is 20.7. The molecule has 0 bridgehead atoms. The van der Waals surface area contributed by atoms with Crippen molar-refractivity contribution in [1.82, 2.24) is 14.5 Å². The van der Waals surface area contributed by atoms with E-state index >= 15 is 0 Å². The summed E-state index contributed by atoms with van der Waals surface area (Å²) in [6.07, 6.45) is 0. The first-order chi connectivity index (χ1) is 13.9. The van der Waals surface area contributed by atoms with Crippen LogP contribution in [0.1, 0.15) is 6.92 Å². The van der Waals surface area contributed by atoms with Crippen molar-refractivity contribution >= 4 is 10.0 Å². The number of benzene rings is 2. The fourth-order valence-electron chi connectivity index (χ4n) is 2.69. The second kappa shape index (κ2) is 8.97. The van der Waals surface area contributed by atoms with Gasteiger partial charge in [-0.25, -0.2) is 22.2 Å². The molecule has 3 rings (SSSR count). The molecule has 0 unspecified atom stereocenters. The molecule has 2 aromatic carbocycles. The van der Waals surface area contributed by atoms with E-state index in [1.165, 1.54) is 30.3 Å². The number of aromatic nitrogens is 2. The van der Waals surface area contributed by atoms with Gasteiger partial charge in [-0.3, -0.25) is 4.79 Å².